The second kappa shape index (κ2) is 6.52. The zero-order valence-corrected chi connectivity index (χ0v) is 13.2. The molecule has 2 aromatic heterocycles. The molecule has 0 bridgehead atoms. The summed E-state index contributed by atoms with van der Waals surface area (Å²) < 4.78 is 5.49. The molecular weight excluding hydrogens is 304 g/mol. The standard InChI is InChI=1S/C16H15ClN2OS/c1-2-8-20-9-13-18-15(17)14-12(10-21-16(14)19-13)11-6-4-3-5-7-11/h3-7,10H,2,8-9H2,1H3. The smallest absolute Gasteiger partial charge is 0.157 e. The number of aromatic nitrogens is 2. The van der Waals surface area contributed by atoms with Gasteiger partial charge in [-0.2, -0.15) is 0 Å². The van der Waals surface area contributed by atoms with Crippen LogP contribution in [0.25, 0.3) is 21.3 Å². The van der Waals surface area contributed by atoms with E-state index < -0.39 is 0 Å². The molecule has 21 heavy (non-hydrogen) atoms. The number of fused-ring (bicyclic) bond motifs is 1. The quantitative estimate of drug-likeness (QED) is 0.494. The van der Waals surface area contributed by atoms with E-state index in [4.69, 9.17) is 16.3 Å². The van der Waals surface area contributed by atoms with Crippen LogP contribution in [0.4, 0.5) is 0 Å². The van der Waals surface area contributed by atoms with Crippen molar-refractivity contribution in [2.24, 2.45) is 0 Å². The molecule has 3 aromatic rings. The largest absolute Gasteiger partial charge is 0.373 e. The van der Waals surface area contributed by atoms with Crippen LogP contribution in [0.2, 0.25) is 5.15 Å². The molecule has 0 saturated carbocycles. The summed E-state index contributed by atoms with van der Waals surface area (Å²) in [6.45, 7) is 3.18. The van der Waals surface area contributed by atoms with Crippen LogP contribution in [0, 0.1) is 0 Å². The van der Waals surface area contributed by atoms with Gasteiger partial charge in [-0.1, -0.05) is 48.9 Å². The minimum absolute atomic E-state index is 0.405. The number of ether oxygens (including phenoxy) is 1. The van der Waals surface area contributed by atoms with Crippen LogP contribution in [-0.2, 0) is 11.3 Å². The Balaban J connectivity index is 1.99. The molecule has 0 fully saturated rings. The number of benzene rings is 1. The number of halogens is 1. The fourth-order valence-corrected chi connectivity index (χ4v) is 3.45. The van der Waals surface area contributed by atoms with Crippen LogP contribution in [0.1, 0.15) is 19.2 Å². The van der Waals surface area contributed by atoms with Crippen molar-refractivity contribution < 1.29 is 4.74 Å². The highest BCUT2D eigenvalue weighted by molar-refractivity contribution is 7.17. The number of rotatable bonds is 5. The van der Waals surface area contributed by atoms with Gasteiger partial charge in [0, 0.05) is 17.6 Å². The summed E-state index contributed by atoms with van der Waals surface area (Å²) in [7, 11) is 0. The van der Waals surface area contributed by atoms with Gasteiger partial charge in [-0.15, -0.1) is 11.3 Å². The average Bonchev–Trinajstić information content (AvgIpc) is 2.93. The Hall–Kier alpha value is -1.49. The van der Waals surface area contributed by atoms with Gasteiger partial charge in [-0.3, -0.25) is 0 Å². The molecule has 3 rings (SSSR count). The zero-order chi connectivity index (χ0) is 14.7. The van der Waals surface area contributed by atoms with Gasteiger partial charge in [-0.05, 0) is 12.0 Å². The van der Waals surface area contributed by atoms with E-state index in [0.717, 1.165) is 27.8 Å². The first-order valence-corrected chi connectivity index (χ1v) is 8.12. The molecular formula is C16H15ClN2OS. The molecule has 0 unspecified atom stereocenters. The lowest BCUT2D eigenvalue weighted by atomic mass is 10.1. The first-order chi connectivity index (χ1) is 10.3. The van der Waals surface area contributed by atoms with E-state index in [-0.39, 0.29) is 0 Å². The Morgan fingerprint density at radius 2 is 2.00 bits per heavy atom. The molecule has 0 aliphatic heterocycles. The Morgan fingerprint density at radius 1 is 1.19 bits per heavy atom. The third-order valence-corrected chi connectivity index (χ3v) is 4.25. The lowest BCUT2D eigenvalue weighted by Crippen LogP contribution is -2.00. The van der Waals surface area contributed by atoms with Gasteiger partial charge in [0.15, 0.2) is 5.82 Å². The summed E-state index contributed by atoms with van der Waals surface area (Å²) in [5.41, 5.74) is 2.21. The molecule has 0 aliphatic rings. The Morgan fingerprint density at radius 3 is 2.76 bits per heavy atom. The Labute approximate surface area is 132 Å². The fourth-order valence-electron chi connectivity index (χ4n) is 2.14. The molecule has 0 atom stereocenters. The molecule has 0 saturated heterocycles. The maximum atomic E-state index is 6.37. The van der Waals surface area contributed by atoms with Crippen LogP contribution in [0.5, 0.6) is 0 Å². The van der Waals surface area contributed by atoms with Crippen LogP contribution < -0.4 is 0 Å². The minimum Gasteiger partial charge on any atom is -0.373 e. The van der Waals surface area contributed by atoms with E-state index >= 15 is 0 Å². The highest BCUT2D eigenvalue weighted by Crippen LogP contribution is 2.36. The van der Waals surface area contributed by atoms with Crippen molar-refractivity contribution in [3.63, 3.8) is 0 Å². The van der Waals surface area contributed by atoms with E-state index in [2.05, 4.69) is 34.4 Å². The van der Waals surface area contributed by atoms with E-state index in [9.17, 15) is 0 Å². The SMILES string of the molecule is CCCOCc1nc(Cl)c2c(-c3ccccc3)csc2n1. The first-order valence-electron chi connectivity index (χ1n) is 6.86. The fraction of sp³-hybridized carbons (Fsp3) is 0.250. The normalized spacial score (nSPS) is 11.1. The average molecular weight is 319 g/mol. The van der Waals surface area contributed by atoms with Gasteiger partial charge in [0.2, 0.25) is 0 Å². The number of nitrogens with zero attached hydrogens (tertiary/aromatic N) is 2. The van der Waals surface area contributed by atoms with Crippen LogP contribution in [0.3, 0.4) is 0 Å². The summed E-state index contributed by atoms with van der Waals surface area (Å²) >= 11 is 7.96. The minimum atomic E-state index is 0.405. The van der Waals surface area contributed by atoms with Gasteiger partial charge >= 0.3 is 0 Å². The Bertz CT molecular complexity index is 743. The van der Waals surface area contributed by atoms with Gasteiger partial charge in [0.05, 0.1) is 5.39 Å². The number of thiophene rings is 1. The van der Waals surface area contributed by atoms with Crippen molar-refractivity contribution in [2.45, 2.75) is 20.0 Å². The van der Waals surface area contributed by atoms with Gasteiger partial charge in [0.25, 0.3) is 0 Å². The molecule has 108 valence electrons. The maximum absolute atomic E-state index is 6.37. The molecule has 0 N–H and O–H groups in total. The van der Waals surface area contributed by atoms with Crippen molar-refractivity contribution >= 4 is 33.2 Å². The van der Waals surface area contributed by atoms with Crippen molar-refractivity contribution in [3.8, 4) is 11.1 Å². The lowest BCUT2D eigenvalue weighted by Gasteiger charge is -2.04. The summed E-state index contributed by atoms with van der Waals surface area (Å²) in [6, 6.07) is 10.2. The summed E-state index contributed by atoms with van der Waals surface area (Å²) in [4.78, 5) is 9.83. The van der Waals surface area contributed by atoms with E-state index in [1.54, 1.807) is 11.3 Å². The third-order valence-electron chi connectivity index (χ3n) is 3.10. The van der Waals surface area contributed by atoms with Crippen molar-refractivity contribution in [1.29, 1.82) is 0 Å². The van der Waals surface area contributed by atoms with Crippen molar-refractivity contribution in [2.75, 3.05) is 6.61 Å². The Kier molecular flexibility index (Phi) is 4.48. The van der Waals surface area contributed by atoms with E-state index in [0.29, 0.717) is 24.2 Å². The van der Waals surface area contributed by atoms with Crippen molar-refractivity contribution in [3.05, 3.63) is 46.7 Å². The van der Waals surface area contributed by atoms with Gasteiger partial charge < -0.3 is 4.74 Å². The molecule has 0 aliphatic carbocycles. The molecule has 0 amide bonds. The van der Waals surface area contributed by atoms with E-state index in [1.807, 2.05) is 18.2 Å². The van der Waals surface area contributed by atoms with Crippen LogP contribution in [0.15, 0.2) is 35.7 Å². The summed E-state index contributed by atoms with van der Waals surface area (Å²) in [6.07, 6.45) is 0.979. The second-order valence-corrected chi connectivity index (χ2v) is 5.89. The summed E-state index contributed by atoms with van der Waals surface area (Å²) in [5.74, 6) is 0.641. The van der Waals surface area contributed by atoms with Gasteiger partial charge in [0.1, 0.15) is 16.6 Å². The second-order valence-electron chi connectivity index (χ2n) is 4.68. The predicted molar refractivity (Wildman–Crippen MR) is 87.8 cm³/mol. The van der Waals surface area contributed by atoms with Crippen LogP contribution >= 0.6 is 22.9 Å². The highest BCUT2D eigenvalue weighted by atomic mass is 35.5. The molecule has 3 nitrogen and oxygen atoms in total. The van der Waals surface area contributed by atoms with Crippen LogP contribution in [-0.4, -0.2) is 16.6 Å². The topological polar surface area (TPSA) is 35.0 Å². The number of hydrogen-bond acceptors (Lipinski definition) is 4. The molecule has 2 heterocycles. The number of hydrogen-bond donors (Lipinski definition) is 0. The molecule has 5 heteroatoms. The lowest BCUT2D eigenvalue weighted by molar-refractivity contribution is 0.116. The molecule has 1 aromatic carbocycles. The van der Waals surface area contributed by atoms with E-state index in [1.165, 1.54) is 0 Å². The third kappa shape index (κ3) is 3.07. The zero-order valence-electron chi connectivity index (χ0n) is 11.7. The summed E-state index contributed by atoms with van der Waals surface area (Å²) in [5, 5.41) is 3.50. The maximum Gasteiger partial charge on any atom is 0.157 e. The van der Waals surface area contributed by atoms with Crippen molar-refractivity contribution in [1.82, 2.24) is 9.97 Å². The molecule has 0 spiro atoms. The predicted octanol–water partition coefficient (Wildman–Crippen LogP) is 4.94. The monoisotopic (exact) mass is 318 g/mol. The molecule has 0 radical (unpaired) electrons. The highest BCUT2D eigenvalue weighted by Gasteiger charge is 2.13. The van der Waals surface area contributed by atoms with Gasteiger partial charge in [-0.25, -0.2) is 9.97 Å². The first kappa shape index (κ1) is 14.4.